The lowest BCUT2D eigenvalue weighted by atomic mass is 9.98. The highest BCUT2D eigenvalue weighted by molar-refractivity contribution is 9.10. The van der Waals surface area contributed by atoms with E-state index in [1.165, 1.54) is 4.90 Å². The number of anilines is 1. The van der Waals surface area contributed by atoms with Crippen molar-refractivity contribution in [2.45, 2.75) is 26.7 Å². The van der Waals surface area contributed by atoms with Gasteiger partial charge in [0.1, 0.15) is 0 Å². The van der Waals surface area contributed by atoms with E-state index in [0.29, 0.717) is 12.1 Å². The minimum absolute atomic E-state index is 0.0945. The summed E-state index contributed by atoms with van der Waals surface area (Å²) in [6.45, 7) is 3.95. The Hall–Kier alpha value is -1.94. The van der Waals surface area contributed by atoms with Crippen molar-refractivity contribution in [2.75, 3.05) is 4.90 Å². The fourth-order valence-electron chi connectivity index (χ4n) is 3.11. The topological polar surface area (TPSA) is 37.4 Å². The van der Waals surface area contributed by atoms with E-state index < -0.39 is 0 Å². The molecular formula is C19H18BrNO2. The van der Waals surface area contributed by atoms with Gasteiger partial charge in [0.15, 0.2) is 0 Å². The molecule has 4 heteroatoms. The van der Waals surface area contributed by atoms with E-state index in [9.17, 15) is 9.59 Å². The van der Waals surface area contributed by atoms with E-state index in [0.717, 1.165) is 21.2 Å². The van der Waals surface area contributed by atoms with Crippen LogP contribution in [0.1, 0.15) is 23.1 Å². The van der Waals surface area contributed by atoms with Crippen LogP contribution in [0.4, 0.5) is 5.69 Å². The number of hydrogen-bond acceptors (Lipinski definition) is 2. The van der Waals surface area contributed by atoms with E-state index in [2.05, 4.69) is 15.9 Å². The molecule has 1 atom stereocenters. The number of carbonyl (C=O) groups excluding carboxylic acids is 2. The van der Waals surface area contributed by atoms with Crippen LogP contribution >= 0.6 is 15.9 Å². The maximum atomic E-state index is 12.7. The molecule has 0 aromatic heterocycles. The second kappa shape index (κ2) is 6.28. The molecule has 0 saturated carbocycles. The Morgan fingerprint density at radius 1 is 1.04 bits per heavy atom. The van der Waals surface area contributed by atoms with Crippen molar-refractivity contribution in [2.24, 2.45) is 5.92 Å². The predicted octanol–water partition coefficient (Wildman–Crippen LogP) is 4.19. The lowest BCUT2D eigenvalue weighted by molar-refractivity contribution is -0.122. The number of amides is 2. The van der Waals surface area contributed by atoms with Gasteiger partial charge in [0.05, 0.1) is 11.6 Å². The van der Waals surface area contributed by atoms with Gasteiger partial charge in [-0.2, -0.15) is 0 Å². The van der Waals surface area contributed by atoms with Crippen LogP contribution in [-0.2, 0) is 16.0 Å². The number of rotatable bonds is 3. The minimum Gasteiger partial charge on any atom is -0.274 e. The Labute approximate surface area is 144 Å². The highest BCUT2D eigenvalue weighted by Crippen LogP contribution is 2.30. The number of hydrogen-bond donors (Lipinski definition) is 0. The third-order valence-electron chi connectivity index (χ3n) is 4.10. The van der Waals surface area contributed by atoms with Crippen LogP contribution in [0, 0.1) is 19.8 Å². The number of aryl methyl sites for hydroxylation is 2. The normalized spacial score (nSPS) is 17.9. The quantitative estimate of drug-likeness (QED) is 0.758. The first-order valence-electron chi connectivity index (χ1n) is 7.63. The van der Waals surface area contributed by atoms with E-state index in [1.54, 1.807) is 0 Å². The maximum absolute atomic E-state index is 12.7. The average Bonchev–Trinajstić information content (AvgIpc) is 2.75. The van der Waals surface area contributed by atoms with E-state index in [4.69, 9.17) is 0 Å². The van der Waals surface area contributed by atoms with Gasteiger partial charge in [0, 0.05) is 10.9 Å². The average molecular weight is 372 g/mol. The molecule has 0 aliphatic carbocycles. The molecule has 1 aliphatic heterocycles. The molecular weight excluding hydrogens is 354 g/mol. The molecule has 0 spiro atoms. The van der Waals surface area contributed by atoms with Crippen LogP contribution in [0.3, 0.4) is 0 Å². The zero-order chi connectivity index (χ0) is 16.6. The molecule has 1 aliphatic rings. The lowest BCUT2D eigenvalue weighted by Crippen LogP contribution is -2.31. The SMILES string of the molecule is Cc1cc(C)cc(N2C(=O)C[C@@H](Cc3ccc(Br)cc3)C2=O)c1. The summed E-state index contributed by atoms with van der Waals surface area (Å²) in [6, 6.07) is 13.7. The van der Waals surface area contributed by atoms with Gasteiger partial charge < -0.3 is 0 Å². The second-order valence-corrected chi connectivity index (χ2v) is 7.06. The molecule has 3 nitrogen and oxygen atoms in total. The van der Waals surface area contributed by atoms with Crippen LogP contribution in [0.2, 0.25) is 0 Å². The molecule has 23 heavy (non-hydrogen) atoms. The molecule has 118 valence electrons. The Morgan fingerprint density at radius 2 is 1.65 bits per heavy atom. The molecule has 0 radical (unpaired) electrons. The van der Waals surface area contributed by atoms with Gasteiger partial charge in [-0.15, -0.1) is 0 Å². The summed E-state index contributed by atoms with van der Waals surface area (Å²) in [5, 5.41) is 0. The van der Waals surface area contributed by atoms with Gasteiger partial charge in [-0.3, -0.25) is 14.5 Å². The Balaban J connectivity index is 1.83. The third-order valence-corrected chi connectivity index (χ3v) is 4.63. The van der Waals surface area contributed by atoms with Crippen LogP contribution in [0.25, 0.3) is 0 Å². The lowest BCUT2D eigenvalue weighted by Gasteiger charge is -2.16. The summed E-state index contributed by atoms with van der Waals surface area (Å²) in [5.74, 6) is -0.477. The van der Waals surface area contributed by atoms with Gasteiger partial charge in [0.2, 0.25) is 11.8 Å². The molecule has 2 amide bonds. The van der Waals surface area contributed by atoms with Crippen molar-refractivity contribution in [3.05, 3.63) is 63.6 Å². The van der Waals surface area contributed by atoms with Gasteiger partial charge in [-0.25, -0.2) is 0 Å². The third kappa shape index (κ3) is 3.37. The fourth-order valence-corrected chi connectivity index (χ4v) is 3.37. The van der Waals surface area contributed by atoms with Crippen molar-refractivity contribution in [1.29, 1.82) is 0 Å². The molecule has 1 heterocycles. The van der Waals surface area contributed by atoms with Crippen molar-refractivity contribution in [3.8, 4) is 0 Å². The molecule has 2 aromatic carbocycles. The first-order chi connectivity index (χ1) is 10.9. The summed E-state index contributed by atoms with van der Waals surface area (Å²) in [4.78, 5) is 26.4. The summed E-state index contributed by atoms with van der Waals surface area (Å²) < 4.78 is 1.01. The maximum Gasteiger partial charge on any atom is 0.237 e. The van der Waals surface area contributed by atoms with Crippen LogP contribution in [0.5, 0.6) is 0 Å². The molecule has 0 unspecified atom stereocenters. The van der Waals surface area contributed by atoms with Crippen LogP contribution < -0.4 is 4.90 Å². The van der Waals surface area contributed by atoms with E-state index in [-0.39, 0.29) is 24.2 Å². The Morgan fingerprint density at radius 3 is 2.26 bits per heavy atom. The number of imide groups is 1. The summed E-state index contributed by atoms with van der Waals surface area (Å²) in [5.41, 5.74) is 3.87. The highest BCUT2D eigenvalue weighted by atomic mass is 79.9. The molecule has 1 fully saturated rings. The Bertz CT molecular complexity index is 747. The van der Waals surface area contributed by atoms with Gasteiger partial charge in [-0.1, -0.05) is 34.1 Å². The minimum atomic E-state index is -0.274. The van der Waals surface area contributed by atoms with Crippen LogP contribution in [0.15, 0.2) is 46.9 Å². The van der Waals surface area contributed by atoms with Crippen LogP contribution in [-0.4, -0.2) is 11.8 Å². The van der Waals surface area contributed by atoms with Crippen molar-refractivity contribution in [1.82, 2.24) is 0 Å². The zero-order valence-corrected chi connectivity index (χ0v) is 14.8. The van der Waals surface area contributed by atoms with Gasteiger partial charge >= 0.3 is 0 Å². The number of halogens is 1. The highest BCUT2D eigenvalue weighted by Gasteiger charge is 2.39. The first-order valence-corrected chi connectivity index (χ1v) is 8.43. The predicted molar refractivity (Wildman–Crippen MR) is 94.4 cm³/mol. The van der Waals surface area contributed by atoms with Gasteiger partial charge in [0.25, 0.3) is 0 Å². The summed E-state index contributed by atoms with van der Waals surface area (Å²) in [7, 11) is 0. The van der Waals surface area contributed by atoms with Gasteiger partial charge in [-0.05, 0) is 61.2 Å². The number of nitrogens with zero attached hydrogens (tertiary/aromatic N) is 1. The first kappa shape index (κ1) is 15.9. The molecule has 0 bridgehead atoms. The monoisotopic (exact) mass is 371 g/mol. The number of carbonyl (C=O) groups is 2. The second-order valence-electron chi connectivity index (χ2n) is 6.14. The molecule has 1 saturated heterocycles. The van der Waals surface area contributed by atoms with E-state index >= 15 is 0 Å². The smallest absolute Gasteiger partial charge is 0.237 e. The largest absolute Gasteiger partial charge is 0.274 e. The summed E-state index contributed by atoms with van der Waals surface area (Å²) in [6.07, 6.45) is 0.876. The molecule has 2 aromatic rings. The molecule has 0 N–H and O–H groups in total. The van der Waals surface area contributed by atoms with Crippen molar-refractivity contribution < 1.29 is 9.59 Å². The van der Waals surface area contributed by atoms with E-state index in [1.807, 2.05) is 56.3 Å². The Kier molecular flexibility index (Phi) is 4.35. The van der Waals surface area contributed by atoms with Crippen molar-refractivity contribution in [3.63, 3.8) is 0 Å². The molecule has 3 rings (SSSR count). The summed E-state index contributed by atoms with van der Waals surface area (Å²) >= 11 is 3.40. The fraction of sp³-hybridized carbons (Fsp3) is 0.263. The standard InChI is InChI=1S/C19H18BrNO2/c1-12-7-13(2)9-17(8-12)21-18(22)11-15(19(21)23)10-14-3-5-16(20)6-4-14/h3-9,15H,10-11H2,1-2H3/t15-/m1/s1. The van der Waals surface area contributed by atoms with Crippen molar-refractivity contribution >= 4 is 33.4 Å². The zero-order valence-electron chi connectivity index (χ0n) is 13.2. The number of benzene rings is 2.